The number of nitrogens with two attached hydrogens (primary N) is 1. The number of carbonyl (C=O) groups is 1. The van der Waals surface area contributed by atoms with E-state index in [1.807, 2.05) is 24.3 Å². The van der Waals surface area contributed by atoms with Gasteiger partial charge >= 0.3 is 0 Å². The highest BCUT2D eigenvalue weighted by Gasteiger charge is 2.26. The van der Waals surface area contributed by atoms with Crippen LogP contribution in [0.5, 0.6) is 0 Å². The van der Waals surface area contributed by atoms with Gasteiger partial charge in [0.15, 0.2) is 5.69 Å². The predicted octanol–water partition coefficient (Wildman–Crippen LogP) is 2.88. The molecule has 6 heteroatoms. The van der Waals surface area contributed by atoms with Gasteiger partial charge in [-0.15, -0.1) is 0 Å². The van der Waals surface area contributed by atoms with E-state index in [9.17, 15) is 4.79 Å². The fraction of sp³-hybridized carbons (Fsp3) is 0.412. The van der Waals surface area contributed by atoms with Crippen molar-refractivity contribution in [2.75, 3.05) is 6.54 Å². The van der Waals surface area contributed by atoms with E-state index >= 15 is 0 Å². The first kappa shape index (κ1) is 16.2. The average molecular weight is 377 g/mol. The molecule has 3 rings (SSSR count). The number of hydrogen-bond acceptors (Lipinski definition) is 3. The molecule has 0 saturated heterocycles. The van der Waals surface area contributed by atoms with Gasteiger partial charge in [0.1, 0.15) is 0 Å². The minimum Gasteiger partial charge on any atom is -0.348 e. The third-order valence-electron chi connectivity index (χ3n) is 4.42. The molecule has 3 N–H and O–H groups in total. The zero-order chi connectivity index (χ0) is 16.2. The van der Waals surface area contributed by atoms with Crippen LogP contribution in [0.3, 0.4) is 0 Å². The molecule has 23 heavy (non-hydrogen) atoms. The summed E-state index contributed by atoms with van der Waals surface area (Å²) in [4.78, 5) is 12.4. The van der Waals surface area contributed by atoms with Gasteiger partial charge in [0.25, 0.3) is 5.91 Å². The van der Waals surface area contributed by atoms with E-state index in [1.165, 1.54) is 6.42 Å². The van der Waals surface area contributed by atoms with E-state index < -0.39 is 0 Å². The van der Waals surface area contributed by atoms with Gasteiger partial charge in [0.2, 0.25) is 0 Å². The average Bonchev–Trinajstić information content (AvgIpc) is 3.05. The number of amides is 1. The first-order valence-electron chi connectivity index (χ1n) is 8.00. The summed E-state index contributed by atoms with van der Waals surface area (Å²) in [6.07, 6.45) is 6.24. The van der Waals surface area contributed by atoms with Crippen LogP contribution in [0.15, 0.2) is 41.0 Å². The van der Waals surface area contributed by atoms with Crippen molar-refractivity contribution >= 4 is 21.8 Å². The van der Waals surface area contributed by atoms with Gasteiger partial charge in [-0.25, -0.2) is 4.68 Å². The van der Waals surface area contributed by atoms with Crippen LogP contribution in [0.25, 0.3) is 5.69 Å². The standard InChI is InChI=1S/C17H21BrN4O/c18-13-5-3-6-14(10-13)22-9-8-16(21-22)17(23)20-15-7-2-1-4-12(15)11-19/h3,5-6,8-10,12,15H,1-2,4,7,11,19H2,(H,20,23). The molecule has 2 unspecified atom stereocenters. The zero-order valence-electron chi connectivity index (χ0n) is 12.9. The Kier molecular flexibility index (Phi) is 5.13. The van der Waals surface area contributed by atoms with E-state index in [2.05, 4.69) is 26.3 Å². The minimum atomic E-state index is -0.121. The normalized spacial score (nSPS) is 21.1. The highest BCUT2D eigenvalue weighted by Crippen LogP contribution is 2.23. The Morgan fingerprint density at radius 2 is 2.17 bits per heavy atom. The second kappa shape index (κ2) is 7.27. The lowest BCUT2D eigenvalue weighted by atomic mass is 9.84. The van der Waals surface area contributed by atoms with Crippen LogP contribution in [0.2, 0.25) is 0 Å². The lowest BCUT2D eigenvalue weighted by molar-refractivity contribution is 0.0902. The Labute approximate surface area is 144 Å². The van der Waals surface area contributed by atoms with Gasteiger partial charge in [0, 0.05) is 16.7 Å². The molecule has 2 atom stereocenters. The number of nitrogens with zero attached hydrogens (tertiary/aromatic N) is 2. The van der Waals surface area contributed by atoms with Crippen LogP contribution >= 0.6 is 15.9 Å². The maximum Gasteiger partial charge on any atom is 0.272 e. The Hall–Kier alpha value is -1.66. The number of rotatable bonds is 4. The van der Waals surface area contributed by atoms with E-state index in [4.69, 9.17) is 5.73 Å². The quantitative estimate of drug-likeness (QED) is 0.861. The second-order valence-corrected chi connectivity index (χ2v) is 6.90. The molecular weight excluding hydrogens is 356 g/mol. The largest absolute Gasteiger partial charge is 0.348 e. The molecule has 1 saturated carbocycles. The summed E-state index contributed by atoms with van der Waals surface area (Å²) in [5.41, 5.74) is 7.18. The Morgan fingerprint density at radius 1 is 1.35 bits per heavy atom. The maximum absolute atomic E-state index is 12.4. The Morgan fingerprint density at radius 3 is 2.96 bits per heavy atom. The third-order valence-corrected chi connectivity index (χ3v) is 4.92. The predicted molar refractivity (Wildman–Crippen MR) is 93.5 cm³/mol. The zero-order valence-corrected chi connectivity index (χ0v) is 14.5. The third kappa shape index (κ3) is 3.82. The Balaban J connectivity index is 1.71. The van der Waals surface area contributed by atoms with Crippen LogP contribution < -0.4 is 11.1 Å². The van der Waals surface area contributed by atoms with Crippen LogP contribution in [-0.2, 0) is 0 Å². The molecule has 122 valence electrons. The highest BCUT2D eigenvalue weighted by atomic mass is 79.9. The molecule has 1 amide bonds. The fourth-order valence-electron chi connectivity index (χ4n) is 3.13. The lowest BCUT2D eigenvalue weighted by Crippen LogP contribution is -2.44. The van der Waals surface area contributed by atoms with Crippen molar-refractivity contribution in [1.82, 2.24) is 15.1 Å². The van der Waals surface area contributed by atoms with Gasteiger partial charge in [-0.2, -0.15) is 5.10 Å². The molecule has 0 spiro atoms. The highest BCUT2D eigenvalue weighted by molar-refractivity contribution is 9.10. The molecule has 0 aliphatic heterocycles. The van der Waals surface area contributed by atoms with E-state index in [0.29, 0.717) is 18.2 Å². The minimum absolute atomic E-state index is 0.121. The Bertz CT molecular complexity index is 685. The van der Waals surface area contributed by atoms with E-state index in [0.717, 1.165) is 29.4 Å². The number of aromatic nitrogens is 2. The van der Waals surface area contributed by atoms with Crippen LogP contribution in [0, 0.1) is 5.92 Å². The second-order valence-electron chi connectivity index (χ2n) is 5.99. The van der Waals surface area contributed by atoms with E-state index in [-0.39, 0.29) is 11.9 Å². The molecule has 0 bridgehead atoms. The maximum atomic E-state index is 12.4. The van der Waals surface area contributed by atoms with Gasteiger partial charge < -0.3 is 11.1 Å². The van der Waals surface area contributed by atoms with Crippen LogP contribution in [-0.4, -0.2) is 28.3 Å². The van der Waals surface area contributed by atoms with Crippen molar-refractivity contribution in [3.8, 4) is 5.69 Å². The summed E-state index contributed by atoms with van der Waals surface area (Å²) in [7, 11) is 0. The summed E-state index contributed by atoms with van der Waals surface area (Å²) in [5.74, 6) is 0.254. The summed E-state index contributed by atoms with van der Waals surface area (Å²) in [6, 6.07) is 9.71. The van der Waals surface area contributed by atoms with Gasteiger partial charge in [-0.1, -0.05) is 34.8 Å². The number of nitrogens with one attached hydrogen (secondary N) is 1. The van der Waals surface area contributed by atoms with Crippen molar-refractivity contribution in [3.63, 3.8) is 0 Å². The molecule has 2 aromatic rings. The molecule has 1 fully saturated rings. The van der Waals surface area contributed by atoms with Crippen molar-refractivity contribution in [3.05, 3.63) is 46.7 Å². The first-order valence-corrected chi connectivity index (χ1v) is 8.79. The van der Waals surface area contributed by atoms with Crippen molar-refractivity contribution < 1.29 is 4.79 Å². The van der Waals surface area contributed by atoms with E-state index in [1.54, 1.807) is 16.9 Å². The number of carbonyl (C=O) groups excluding carboxylic acids is 1. The molecule has 5 nitrogen and oxygen atoms in total. The van der Waals surface area contributed by atoms with Crippen molar-refractivity contribution in [2.24, 2.45) is 11.7 Å². The van der Waals surface area contributed by atoms with Gasteiger partial charge in [-0.05, 0) is 49.6 Å². The molecular formula is C17H21BrN4O. The monoisotopic (exact) mass is 376 g/mol. The number of halogens is 1. The topological polar surface area (TPSA) is 72.9 Å². The lowest BCUT2D eigenvalue weighted by Gasteiger charge is -2.31. The van der Waals surface area contributed by atoms with Crippen molar-refractivity contribution in [2.45, 2.75) is 31.7 Å². The molecule has 1 heterocycles. The summed E-state index contributed by atoms with van der Waals surface area (Å²) < 4.78 is 2.69. The fourth-order valence-corrected chi connectivity index (χ4v) is 3.52. The smallest absolute Gasteiger partial charge is 0.272 e. The molecule has 1 aromatic heterocycles. The molecule has 1 aliphatic carbocycles. The summed E-state index contributed by atoms with van der Waals surface area (Å²) in [6.45, 7) is 0.622. The van der Waals surface area contributed by atoms with Gasteiger partial charge in [-0.3, -0.25) is 4.79 Å². The van der Waals surface area contributed by atoms with Crippen LogP contribution in [0.1, 0.15) is 36.2 Å². The van der Waals surface area contributed by atoms with Gasteiger partial charge in [0.05, 0.1) is 5.69 Å². The summed E-state index contributed by atoms with van der Waals surface area (Å²) in [5, 5.41) is 7.50. The molecule has 1 aromatic carbocycles. The molecule has 0 radical (unpaired) electrons. The first-order chi connectivity index (χ1) is 11.2. The number of benzene rings is 1. The summed E-state index contributed by atoms with van der Waals surface area (Å²) >= 11 is 3.44. The number of hydrogen-bond donors (Lipinski definition) is 2. The van der Waals surface area contributed by atoms with Crippen LogP contribution in [0.4, 0.5) is 0 Å². The van der Waals surface area contributed by atoms with Crippen molar-refractivity contribution in [1.29, 1.82) is 0 Å². The molecule has 1 aliphatic rings. The SMILES string of the molecule is NCC1CCCCC1NC(=O)c1ccn(-c2cccc(Br)c2)n1.